The van der Waals surface area contributed by atoms with Gasteiger partial charge in [0, 0.05) is 49.4 Å². The number of rotatable bonds is 4. The molecule has 0 unspecified atom stereocenters. The number of hydrogen-bond donors (Lipinski definition) is 0. The Morgan fingerprint density at radius 3 is 2.28 bits per heavy atom. The van der Waals surface area contributed by atoms with E-state index in [1.165, 1.54) is 30.0 Å². The molecular weight excluding hydrogens is 408 g/mol. The van der Waals surface area contributed by atoms with Crippen molar-refractivity contribution in [3.8, 4) is 0 Å². The van der Waals surface area contributed by atoms with Crippen LogP contribution in [-0.2, 0) is 10.0 Å². The molecule has 0 radical (unpaired) electrons. The van der Waals surface area contributed by atoms with E-state index in [1.54, 1.807) is 0 Å². The minimum atomic E-state index is -4.17. The van der Waals surface area contributed by atoms with Crippen LogP contribution in [0.3, 0.4) is 0 Å². The minimum Gasteiger partial charge on any atom is -0.336 e. The highest BCUT2D eigenvalue weighted by atomic mass is 32.2. The zero-order valence-corrected chi connectivity index (χ0v) is 16.2. The van der Waals surface area contributed by atoms with Crippen molar-refractivity contribution in [2.75, 3.05) is 26.2 Å². The normalized spacial score (nSPS) is 15.3. The van der Waals surface area contributed by atoms with E-state index in [-0.39, 0.29) is 43.3 Å². The molecule has 3 rings (SSSR count). The predicted octanol–water partition coefficient (Wildman–Crippen LogP) is 2.33. The minimum absolute atomic E-state index is 0.0587. The Hall–Kier alpha value is -2.92. The number of sulfonamides is 1. The molecule has 1 saturated heterocycles. The number of carbonyl (C=O) groups excluding carboxylic acids is 1. The van der Waals surface area contributed by atoms with E-state index in [1.807, 2.05) is 0 Å². The van der Waals surface area contributed by atoms with Gasteiger partial charge in [-0.2, -0.15) is 4.31 Å². The van der Waals surface area contributed by atoms with E-state index in [4.69, 9.17) is 0 Å². The molecule has 0 aliphatic carbocycles. The maximum atomic E-state index is 13.9. The lowest BCUT2D eigenvalue weighted by Crippen LogP contribution is -2.50. The Balaban J connectivity index is 1.72. The quantitative estimate of drug-likeness (QED) is 0.553. The molecule has 1 aliphatic rings. The molecule has 0 N–H and O–H groups in total. The van der Waals surface area contributed by atoms with Crippen molar-refractivity contribution in [3.63, 3.8) is 0 Å². The largest absolute Gasteiger partial charge is 0.336 e. The fourth-order valence-corrected chi connectivity index (χ4v) is 4.60. The van der Waals surface area contributed by atoms with Crippen molar-refractivity contribution in [2.24, 2.45) is 0 Å². The standard InChI is InChI=1S/C18H17F2N3O5S/c1-12-10-13(2-4-16(12)23(25)26)18(24)21-6-8-22(9-7-21)29(27,28)17-5-3-14(19)11-15(17)20/h2-5,10-11H,6-9H2,1H3. The zero-order valence-electron chi connectivity index (χ0n) is 15.3. The van der Waals surface area contributed by atoms with Gasteiger partial charge in [-0.25, -0.2) is 17.2 Å². The summed E-state index contributed by atoms with van der Waals surface area (Å²) in [5, 5.41) is 10.9. The summed E-state index contributed by atoms with van der Waals surface area (Å²) < 4.78 is 53.2. The fraction of sp³-hybridized carbons (Fsp3) is 0.278. The molecule has 11 heteroatoms. The van der Waals surface area contributed by atoms with Crippen molar-refractivity contribution in [1.82, 2.24) is 9.21 Å². The molecule has 1 aliphatic heterocycles. The van der Waals surface area contributed by atoms with Crippen LogP contribution in [0.1, 0.15) is 15.9 Å². The van der Waals surface area contributed by atoms with Crippen LogP contribution in [-0.4, -0.2) is 54.6 Å². The highest BCUT2D eigenvalue weighted by molar-refractivity contribution is 7.89. The van der Waals surface area contributed by atoms with Gasteiger partial charge in [-0.1, -0.05) is 0 Å². The topological polar surface area (TPSA) is 101 Å². The number of halogens is 2. The molecule has 1 heterocycles. The lowest BCUT2D eigenvalue weighted by atomic mass is 10.1. The van der Waals surface area contributed by atoms with Gasteiger partial charge in [0.25, 0.3) is 11.6 Å². The monoisotopic (exact) mass is 425 g/mol. The lowest BCUT2D eigenvalue weighted by Gasteiger charge is -2.34. The molecule has 0 aromatic heterocycles. The Labute approximate surface area is 165 Å². The lowest BCUT2D eigenvalue weighted by molar-refractivity contribution is -0.385. The van der Waals surface area contributed by atoms with Crippen LogP contribution in [0.2, 0.25) is 0 Å². The summed E-state index contributed by atoms with van der Waals surface area (Å²) >= 11 is 0. The molecular formula is C18H17F2N3O5S. The van der Waals surface area contributed by atoms with Gasteiger partial charge in [-0.3, -0.25) is 14.9 Å². The Morgan fingerprint density at radius 2 is 1.72 bits per heavy atom. The second-order valence-corrected chi connectivity index (χ2v) is 8.44. The second kappa shape index (κ2) is 7.84. The van der Waals surface area contributed by atoms with Crippen molar-refractivity contribution in [1.29, 1.82) is 0 Å². The van der Waals surface area contributed by atoms with Gasteiger partial charge in [-0.15, -0.1) is 0 Å². The van der Waals surface area contributed by atoms with Gasteiger partial charge in [0.05, 0.1) is 4.92 Å². The number of hydrogen-bond acceptors (Lipinski definition) is 5. The first-order valence-corrected chi connectivity index (χ1v) is 10.0. The summed E-state index contributed by atoms with van der Waals surface area (Å²) in [7, 11) is -4.17. The summed E-state index contributed by atoms with van der Waals surface area (Å²) in [5.41, 5.74) is 0.502. The first kappa shape index (κ1) is 20.8. The van der Waals surface area contributed by atoms with Crippen LogP contribution >= 0.6 is 0 Å². The molecule has 0 bridgehead atoms. The van der Waals surface area contributed by atoms with E-state index in [0.717, 1.165) is 16.4 Å². The summed E-state index contributed by atoms with van der Waals surface area (Å²) in [5.74, 6) is -2.44. The van der Waals surface area contributed by atoms with Crippen molar-refractivity contribution in [2.45, 2.75) is 11.8 Å². The maximum absolute atomic E-state index is 13.9. The molecule has 1 amide bonds. The SMILES string of the molecule is Cc1cc(C(=O)N2CCN(S(=O)(=O)c3ccc(F)cc3F)CC2)ccc1[N+](=O)[O-]. The second-order valence-electron chi connectivity index (χ2n) is 6.53. The molecule has 0 atom stereocenters. The van der Waals surface area contributed by atoms with Gasteiger partial charge in [0.1, 0.15) is 16.5 Å². The van der Waals surface area contributed by atoms with Gasteiger partial charge in [0.2, 0.25) is 10.0 Å². The number of nitro groups is 1. The van der Waals surface area contributed by atoms with Crippen molar-refractivity contribution < 1.29 is 26.9 Å². The fourth-order valence-electron chi connectivity index (χ4n) is 3.13. The number of amides is 1. The number of carbonyl (C=O) groups is 1. The van der Waals surface area contributed by atoms with Gasteiger partial charge in [0.15, 0.2) is 0 Å². The predicted molar refractivity (Wildman–Crippen MR) is 98.9 cm³/mol. The van der Waals surface area contributed by atoms with E-state index in [9.17, 15) is 32.1 Å². The number of nitro benzene ring substituents is 1. The summed E-state index contributed by atoms with van der Waals surface area (Å²) in [6.07, 6.45) is 0. The molecule has 1 fully saturated rings. The van der Waals surface area contributed by atoms with Crippen molar-refractivity contribution >= 4 is 21.6 Å². The number of nitrogens with zero attached hydrogens (tertiary/aromatic N) is 3. The first-order valence-electron chi connectivity index (χ1n) is 8.61. The summed E-state index contributed by atoms with van der Waals surface area (Å²) in [6.45, 7) is 1.54. The van der Waals surface area contributed by atoms with Crippen LogP contribution in [0.15, 0.2) is 41.3 Å². The van der Waals surface area contributed by atoms with Gasteiger partial charge in [-0.05, 0) is 31.2 Å². The number of aryl methyl sites for hydroxylation is 1. The Kier molecular flexibility index (Phi) is 5.62. The third kappa shape index (κ3) is 4.10. The highest BCUT2D eigenvalue weighted by Crippen LogP contribution is 2.23. The maximum Gasteiger partial charge on any atom is 0.272 e. The van der Waals surface area contributed by atoms with Crippen LogP contribution < -0.4 is 0 Å². The molecule has 29 heavy (non-hydrogen) atoms. The van der Waals surface area contributed by atoms with Crippen LogP contribution in [0, 0.1) is 28.7 Å². The van der Waals surface area contributed by atoms with Gasteiger partial charge >= 0.3 is 0 Å². The van der Waals surface area contributed by atoms with Crippen LogP contribution in [0.4, 0.5) is 14.5 Å². The van der Waals surface area contributed by atoms with E-state index < -0.39 is 31.5 Å². The van der Waals surface area contributed by atoms with Crippen molar-refractivity contribution in [3.05, 3.63) is 69.3 Å². The van der Waals surface area contributed by atoms with E-state index in [2.05, 4.69) is 0 Å². The molecule has 2 aromatic carbocycles. The third-order valence-electron chi connectivity index (χ3n) is 4.68. The Bertz CT molecular complexity index is 1080. The summed E-state index contributed by atoms with van der Waals surface area (Å²) in [4.78, 5) is 23.8. The smallest absolute Gasteiger partial charge is 0.272 e. The zero-order chi connectivity index (χ0) is 21.3. The summed E-state index contributed by atoms with van der Waals surface area (Å²) in [6, 6.07) is 6.26. The van der Waals surface area contributed by atoms with E-state index in [0.29, 0.717) is 11.6 Å². The number of piperazine rings is 1. The molecule has 0 saturated carbocycles. The Morgan fingerprint density at radius 1 is 1.07 bits per heavy atom. The van der Waals surface area contributed by atoms with Crippen LogP contribution in [0.5, 0.6) is 0 Å². The third-order valence-corrected chi connectivity index (χ3v) is 6.61. The van der Waals surface area contributed by atoms with E-state index >= 15 is 0 Å². The molecule has 2 aromatic rings. The molecule has 8 nitrogen and oxygen atoms in total. The average Bonchev–Trinajstić information content (AvgIpc) is 2.66. The molecule has 154 valence electrons. The highest BCUT2D eigenvalue weighted by Gasteiger charge is 2.32. The van der Waals surface area contributed by atoms with Crippen LogP contribution in [0.25, 0.3) is 0 Å². The first-order chi connectivity index (χ1) is 13.6. The molecule has 0 spiro atoms. The van der Waals surface area contributed by atoms with Gasteiger partial charge < -0.3 is 4.90 Å². The number of benzene rings is 2. The average molecular weight is 425 g/mol.